The number of nitro groups is 1. The van der Waals surface area contributed by atoms with Gasteiger partial charge in [-0.1, -0.05) is 22.9 Å². The van der Waals surface area contributed by atoms with E-state index in [1.807, 2.05) is 6.92 Å². The van der Waals surface area contributed by atoms with Crippen molar-refractivity contribution in [3.05, 3.63) is 38.3 Å². The molecule has 0 aliphatic carbocycles. The fraction of sp³-hybridized carbons (Fsp3) is 0.462. The minimum Gasteiger partial charge on any atom is -0.334 e. The third-order valence-electron chi connectivity index (χ3n) is 3.44. The van der Waals surface area contributed by atoms with Crippen LogP contribution in [0.3, 0.4) is 0 Å². The zero-order valence-corrected chi connectivity index (χ0v) is 12.7. The number of rotatable bonds is 4. The van der Waals surface area contributed by atoms with Gasteiger partial charge < -0.3 is 10.6 Å². The fourth-order valence-electron chi connectivity index (χ4n) is 2.65. The van der Waals surface area contributed by atoms with Crippen molar-refractivity contribution in [3.63, 3.8) is 0 Å². The van der Waals surface area contributed by atoms with E-state index in [0.29, 0.717) is 16.6 Å². The summed E-state index contributed by atoms with van der Waals surface area (Å²) in [6.07, 6.45) is 1.02. The molecule has 1 saturated heterocycles. The van der Waals surface area contributed by atoms with E-state index < -0.39 is 17.0 Å². The van der Waals surface area contributed by atoms with Gasteiger partial charge in [-0.3, -0.25) is 14.9 Å². The van der Waals surface area contributed by atoms with Crippen molar-refractivity contribution in [1.82, 2.24) is 4.90 Å². The minimum atomic E-state index is -0.431. The highest BCUT2D eigenvalue weighted by molar-refractivity contribution is 9.10. The Balaban J connectivity index is 2.48. The van der Waals surface area contributed by atoms with Gasteiger partial charge in [0.2, 0.25) is 5.91 Å². The first-order valence-electron chi connectivity index (χ1n) is 6.44. The molecule has 1 aliphatic rings. The lowest BCUT2D eigenvalue weighted by atomic mass is 9.99. The molecule has 0 bridgehead atoms. The maximum absolute atomic E-state index is 12.0. The Morgan fingerprint density at radius 1 is 1.55 bits per heavy atom. The number of amides is 1. The van der Waals surface area contributed by atoms with Crippen molar-refractivity contribution in [1.29, 1.82) is 0 Å². The van der Waals surface area contributed by atoms with Gasteiger partial charge in [-0.15, -0.1) is 0 Å². The highest BCUT2D eigenvalue weighted by Crippen LogP contribution is 2.38. The maximum atomic E-state index is 12.0. The number of nitro benzene ring substituents is 1. The summed E-state index contributed by atoms with van der Waals surface area (Å²) in [7, 11) is 0. The van der Waals surface area contributed by atoms with E-state index in [4.69, 9.17) is 5.73 Å². The predicted molar refractivity (Wildman–Crippen MR) is 78.1 cm³/mol. The van der Waals surface area contributed by atoms with Gasteiger partial charge in [-0.25, -0.2) is 0 Å². The lowest BCUT2D eigenvalue weighted by Gasteiger charge is -2.26. The van der Waals surface area contributed by atoms with Crippen LogP contribution < -0.4 is 5.73 Å². The zero-order chi connectivity index (χ0) is 14.9. The van der Waals surface area contributed by atoms with Crippen LogP contribution in [0.1, 0.15) is 31.4 Å². The molecule has 1 fully saturated rings. The number of benzene rings is 1. The second-order valence-electron chi connectivity index (χ2n) is 4.86. The Morgan fingerprint density at radius 2 is 2.25 bits per heavy atom. The van der Waals surface area contributed by atoms with Gasteiger partial charge in [0.05, 0.1) is 16.5 Å². The molecule has 2 atom stereocenters. The summed E-state index contributed by atoms with van der Waals surface area (Å²) in [6, 6.07) is 4.04. The van der Waals surface area contributed by atoms with E-state index in [0.717, 1.165) is 6.42 Å². The lowest BCUT2D eigenvalue weighted by Crippen LogP contribution is -2.34. The molecule has 20 heavy (non-hydrogen) atoms. The van der Waals surface area contributed by atoms with E-state index >= 15 is 0 Å². The van der Waals surface area contributed by atoms with Gasteiger partial charge in [-0.2, -0.15) is 0 Å². The normalized spacial score (nSPS) is 22.4. The third kappa shape index (κ3) is 2.69. The molecule has 6 nitrogen and oxygen atoms in total. The van der Waals surface area contributed by atoms with Crippen LogP contribution in [0, 0.1) is 10.1 Å². The molecule has 1 aromatic rings. The molecule has 0 aromatic heterocycles. The highest BCUT2D eigenvalue weighted by atomic mass is 79.9. The maximum Gasteiger partial charge on any atom is 0.275 e. The van der Waals surface area contributed by atoms with Crippen LogP contribution in [0.2, 0.25) is 0 Å². The predicted octanol–water partition coefficient (Wildman–Crippen LogP) is 2.37. The van der Waals surface area contributed by atoms with Crippen molar-refractivity contribution in [2.24, 2.45) is 5.73 Å². The quantitative estimate of drug-likeness (QED) is 0.672. The van der Waals surface area contributed by atoms with Gasteiger partial charge >= 0.3 is 0 Å². The van der Waals surface area contributed by atoms with Crippen molar-refractivity contribution in [3.8, 4) is 0 Å². The number of hydrogen-bond donors (Lipinski definition) is 1. The average molecular weight is 342 g/mol. The number of hydrogen-bond acceptors (Lipinski definition) is 4. The number of nitrogens with zero attached hydrogens (tertiary/aromatic N) is 2. The molecule has 108 valence electrons. The Morgan fingerprint density at radius 3 is 2.85 bits per heavy atom. The molecule has 7 heteroatoms. The molecule has 1 aliphatic heterocycles. The highest BCUT2D eigenvalue weighted by Gasteiger charge is 2.41. The van der Waals surface area contributed by atoms with Gasteiger partial charge in [0.1, 0.15) is 0 Å². The summed E-state index contributed by atoms with van der Waals surface area (Å²) in [4.78, 5) is 24.4. The minimum absolute atomic E-state index is 0.00405. The van der Waals surface area contributed by atoms with E-state index in [9.17, 15) is 14.9 Å². The SMILES string of the molecule is CCCN1C(=O)CC(N)C1c1ccc(Br)cc1[N+](=O)[O-]. The Hall–Kier alpha value is -1.47. The van der Waals surface area contributed by atoms with Crippen LogP contribution in [0.4, 0.5) is 5.69 Å². The van der Waals surface area contributed by atoms with Crippen LogP contribution in [0.5, 0.6) is 0 Å². The smallest absolute Gasteiger partial charge is 0.275 e. The van der Waals surface area contributed by atoms with Crippen molar-refractivity contribution in [2.75, 3.05) is 6.54 Å². The van der Waals surface area contributed by atoms with Crippen LogP contribution in [0.25, 0.3) is 0 Å². The average Bonchev–Trinajstić information content (AvgIpc) is 2.65. The molecule has 1 amide bonds. The lowest BCUT2D eigenvalue weighted by molar-refractivity contribution is -0.386. The summed E-state index contributed by atoms with van der Waals surface area (Å²) in [6.45, 7) is 2.52. The first-order chi connectivity index (χ1) is 9.45. The van der Waals surface area contributed by atoms with Crippen LogP contribution in [-0.4, -0.2) is 28.3 Å². The number of likely N-dealkylation sites (tertiary alicyclic amines) is 1. The standard InChI is InChI=1S/C13H16BrN3O3/c1-2-5-16-12(18)7-10(15)13(16)9-4-3-8(14)6-11(9)17(19)20/h3-4,6,10,13H,2,5,7,15H2,1H3. The Labute approximate surface area is 125 Å². The number of carbonyl (C=O) groups is 1. The van der Waals surface area contributed by atoms with Gasteiger partial charge in [-0.05, 0) is 18.6 Å². The molecule has 2 unspecified atom stereocenters. The fourth-order valence-corrected chi connectivity index (χ4v) is 2.99. The van der Waals surface area contributed by atoms with Crippen molar-refractivity contribution >= 4 is 27.5 Å². The van der Waals surface area contributed by atoms with E-state index in [2.05, 4.69) is 15.9 Å². The second kappa shape index (κ2) is 5.88. The molecule has 0 radical (unpaired) electrons. The van der Waals surface area contributed by atoms with Crippen LogP contribution in [-0.2, 0) is 4.79 Å². The van der Waals surface area contributed by atoms with E-state index in [1.165, 1.54) is 6.07 Å². The second-order valence-corrected chi connectivity index (χ2v) is 5.78. The van der Waals surface area contributed by atoms with Crippen molar-refractivity contribution < 1.29 is 9.72 Å². The largest absolute Gasteiger partial charge is 0.334 e. The number of nitrogens with two attached hydrogens (primary N) is 1. The first kappa shape index (κ1) is 14.9. The topological polar surface area (TPSA) is 89.5 Å². The third-order valence-corrected chi connectivity index (χ3v) is 3.94. The Kier molecular flexibility index (Phi) is 4.39. The summed E-state index contributed by atoms with van der Waals surface area (Å²) in [5.41, 5.74) is 6.53. The summed E-state index contributed by atoms with van der Waals surface area (Å²) in [5.74, 6) is -0.0402. The van der Waals surface area contributed by atoms with E-state index in [-0.39, 0.29) is 18.0 Å². The van der Waals surface area contributed by atoms with Gasteiger partial charge in [0.25, 0.3) is 5.69 Å². The molecule has 0 saturated carbocycles. The molecule has 0 spiro atoms. The summed E-state index contributed by atoms with van der Waals surface area (Å²) >= 11 is 3.23. The molecule has 1 aromatic carbocycles. The van der Waals surface area contributed by atoms with Crippen molar-refractivity contribution in [2.45, 2.75) is 31.8 Å². The van der Waals surface area contributed by atoms with Gasteiger partial charge in [0.15, 0.2) is 0 Å². The first-order valence-corrected chi connectivity index (χ1v) is 7.24. The summed E-state index contributed by atoms with van der Waals surface area (Å²) < 4.78 is 0.632. The molecule has 1 heterocycles. The molecule has 2 N–H and O–H groups in total. The number of halogens is 1. The number of carbonyl (C=O) groups excluding carboxylic acids is 1. The molecule has 2 rings (SSSR count). The van der Waals surface area contributed by atoms with Gasteiger partial charge in [0, 0.05) is 29.5 Å². The summed E-state index contributed by atoms with van der Waals surface area (Å²) in [5, 5.41) is 11.2. The van der Waals surface area contributed by atoms with E-state index in [1.54, 1.807) is 17.0 Å². The monoisotopic (exact) mass is 341 g/mol. The molecular weight excluding hydrogens is 326 g/mol. The molecular formula is C13H16BrN3O3. The zero-order valence-electron chi connectivity index (χ0n) is 11.1. The Bertz CT molecular complexity index is 550. The van der Waals surface area contributed by atoms with Crippen LogP contribution >= 0.6 is 15.9 Å². The van der Waals surface area contributed by atoms with Crippen LogP contribution in [0.15, 0.2) is 22.7 Å².